The van der Waals surface area contributed by atoms with Crippen LogP contribution in [0.2, 0.25) is 0 Å². The quantitative estimate of drug-likeness (QED) is 0.0233. The first-order valence-electron chi connectivity index (χ1n) is 21.4. The lowest BCUT2D eigenvalue weighted by Gasteiger charge is -2.20. The van der Waals surface area contributed by atoms with Gasteiger partial charge in [0.25, 0.3) is 0 Å². The monoisotopic (exact) mass is 788 g/mol. The molecule has 0 fully saturated rings. The van der Waals surface area contributed by atoms with Crippen LogP contribution in [0.5, 0.6) is 0 Å². The second-order valence-corrected chi connectivity index (χ2v) is 15.9. The van der Waals surface area contributed by atoms with Gasteiger partial charge in [0.05, 0.1) is 13.2 Å². The van der Waals surface area contributed by atoms with E-state index >= 15 is 0 Å². The van der Waals surface area contributed by atoms with Crippen molar-refractivity contribution in [3.63, 3.8) is 0 Å². The Balaban J connectivity index is 4.36. The predicted octanol–water partition coefficient (Wildman–Crippen LogP) is 11.1. The number of carbonyl (C=O) groups excluding carboxylic acids is 2. The van der Waals surface area contributed by atoms with E-state index in [9.17, 15) is 23.8 Å². The number of rotatable bonds is 40. The van der Waals surface area contributed by atoms with Gasteiger partial charge in [0, 0.05) is 12.8 Å². The maximum Gasteiger partial charge on any atom is 0.472 e. The summed E-state index contributed by atoms with van der Waals surface area (Å²) in [6.45, 7) is 2.76. The van der Waals surface area contributed by atoms with E-state index in [1.54, 1.807) is 0 Å². The van der Waals surface area contributed by atoms with Crippen LogP contribution in [0.25, 0.3) is 0 Å². The zero-order chi connectivity index (χ0) is 40.0. The summed E-state index contributed by atoms with van der Waals surface area (Å²) in [7, 11) is -4.71. The van der Waals surface area contributed by atoms with E-state index in [4.69, 9.17) is 24.8 Å². The molecule has 54 heavy (non-hydrogen) atoms. The smallest absolute Gasteiger partial charge is 0.472 e. The molecular formula is C42H78NO10P. The SMILES string of the molecule is CCCCC/C=C\CCCCCCCC(=O)OCC(COP(=O)(O)OCC(N)C(=O)O)OC(=O)CCCCCCCCC/C=C\CCCCCCCCC. The fraction of sp³-hybridized carbons (Fsp3) is 0.833. The molecule has 3 atom stereocenters. The highest BCUT2D eigenvalue weighted by Gasteiger charge is 2.28. The minimum atomic E-state index is -4.71. The van der Waals surface area contributed by atoms with Crippen LogP contribution >= 0.6 is 7.82 Å². The maximum atomic E-state index is 12.6. The van der Waals surface area contributed by atoms with Crippen LogP contribution in [-0.2, 0) is 37.5 Å². The van der Waals surface area contributed by atoms with Gasteiger partial charge in [-0.1, -0.05) is 141 Å². The van der Waals surface area contributed by atoms with Crippen molar-refractivity contribution in [2.45, 2.75) is 206 Å². The lowest BCUT2D eigenvalue weighted by atomic mass is 10.1. The molecule has 0 aromatic rings. The third kappa shape index (κ3) is 36.9. The third-order valence-electron chi connectivity index (χ3n) is 9.17. The number of aliphatic carboxylic acids is 1. The number of allylic oxidation sites excluding steroid dienone is 4. The summed E-state index contributed by atoms with van der Waals surface area (Å²) in [6.07, 6.45) is 38.1. The van der Waals surface area contributed by atoms with Crippen molar-refractivity contribution in [2.75, 3.05) is 19.8 Å². The molecule has 316 valence electrons. The van der Waals surface area contributed by atoms with Crippen molar-refractivity contribution in [3.05, 3.63) is 24.3 Å². The van der Waals surface area contributed by atoms with Gasteiger partial charge in [-0.2, -0.15) is 0 Å². The molecule has 0 aromatic carbocycles. The highest BCUT2D eigenvalue weighted by molar-refractivity contribution is 7.47. The molecule has 0 radical (unpaired) electrons. The maximum absolute atomic E-state index is 12.6. The zero-order valence-electron chi connectivity index (χ0n) is 34.1. The average Bonchev–Trinajstić information content (AvgIpc) is 3.14. The fourth-order valence-electron chi connectivity index (χ4n) is 5.76. The van der Waals surface area contributed by atoms with Crippen LogP contribution in [0.1, 0.15) is 194 Å². The second-order valence-electron chi connectivity index (χ2n) is 14.5. The average molecular weight is 788 g/mol. The number of hydrogen-bond acceptors (Lipinski definition) is 9. The van der Waals surface area contributed by atoms with E-state index in [-0.39, 0.29) is 19.4 Å². The molecule has 0 amide bonds. The summed E-state index contributed by atoms with van der Waals surface area (Å²) in [5, 5.41) is 8.88. The molecule has 0 aromatic heterocycles. The Kier molecular flexibility index (Phi) is 36.4. The predicted molar refractivity (Wildman–Crippen MR) is 217 cm³/mol. The molecule has 0 spiro atoms. The van der Waals surface area contributed by atoms with Crippen LogP contribution in [0.4, 0.5) is 0 Å². The number of carboxylic acids is 1. The van der Waals surface area contributed by atoms with Crippen LogP contribution in [-0.4, -0.2) is 59.9 Å². The Hall–Kier alpha value is -2.04. The third-order valence-corrected chi connectivity index (χ3v) is 10.1. The van der Waals surface area contributed by atoms with Gasteiger partial charge in [-0.15, -0.1) is 0 Å². The lowest BCUT2D eigenvalue weighted by molar-refractivity contribution is -0.161. The van der Waals surface area contributed by atoms with Gasteiger partial charge in [0.1, 0.15) is 12.6 Å². The molecule has 0 aliphatic carbocycles. The van der Waals surface area contributed by atoms with Crippen molar-refractivity contribution >= 4 is 25.7 Å². The number of unbranched alkanes of at least 4 members (excludes halogenated alkanes) is 22. The lowest BCUT2D eigenvalue weighted by Crippen LogP contribution is -2.34. The fourth-order valence-corrected chi connectivity index (χ4v) is 6.54. The Morgan fingerprint density at radius 3 is 1.39 bits per heavy atom. The number of nitrogens with two attached hydrogens (primary N) is 1. The first-order valence-corrected chi connectivity index (χ1v) is 22.9. The molecule has 0 saturated heterocycles. The van der Waals surface area contributed by atoms with Crippen molar-refractivity contribution in [2.24, 2.45) is 5.73 Å². The molecule has 11 nitrogen and oxygen atoms in total. The number of ether oxygens (including phenoxy) is 2. The van der Waals surface area contributed by atoms with Crippen LogP contribution < -0.4 is 5.73 Å². The summed E-state index contributed by atoms with van der Waals surface area (Å²) in [5.41, 5.74) is 5.33. The molecule has 0 saturated carbocycles. The topological polar surface area (TPSA) is 172 Å². The summed E-state index contributed by atoms with van der Waals surface area (Å²) in [4.78, 5) is 45.9. The largest absolute Gasteiger partial charge is 0.480 e. The number of phosphoric ester groups is 1. The number of esters is 2. The molecule has 0 rings (SSSR count). The van der Waals surface area contributed by atoms with Crippen LogP contribution in [0, 0.1) is 0 Å². The van der Waals surface area contributed by atoms with Crippen LogP contribution in [0.3, 0.4) is 0 Å². The van der Waals surface area contributed by atoms with Gasteiger partial charge in [0.15, 0.2) is 6.10 Å². The Labute approximate surface area is 328 Å². The van der Waals surface area contributed by atoms with Crippen molar-refractivity contribution in [1.82, 2.24) is 0 Å². The molecule has 0 bridgehead atoms. The van der Waals surface area contributed by atoms with E-state index in [2.05, 4.69) is 42.7 Å². The standard InChI is InChI=1S/C42H78NO10P/c1-3-5-7-9-11-13-15-17-18-19-20-21-22-24-26-28-30-32-34-41(45)53-38(36-51-54(48,49)52-37-39(43)42(46)47)35-50-40(44)33-31-29-27-25-23-16-14-12-10-8-6-4-2/h12,14,18-19,38-39H,3-11,13,15-17,20-37,43H2,1-2H3,(H,46,47)(H,48,49)/b14-12-,19-18-. The molecule has 0 aliphatic heterocycles. The Bertz CT molecular complexity index is 1020. The normalized spacial score (nSPS) is 14.0. The summed E-state index contributed by atoms with van der Waals surface area (Å²) in [6, 6.07) is -1.52. The number of carboxylic acid groups (broad SMARTS) is 1. The zero-order valence-corrected chi connectivity index (χ0v) is 35.0. The molecule has 0 aliphatic rings. The van der Waals surface area contributed by atoms with E-state index in [1.807, 2.05) is 0 Å². The molecular weight excluding hydrogens is 709 g/mol. The molecule has 3 unspecified atom stereocenters. The van der Waals surface area contributed by atoms with Crippen molar-refractivity contribution < 1.29 is 47.5 Å². The van der Waals surface area contributed by atoms with Gasteiger partial charge in [0.2, 0.25) is 0 Å². The number of hydrogen-bond donors (Lipinski definition) is 3. The van der Waals surface area contributed by atoms with E-state index in [0.29, 0.717) is 12.8 Å². The summed E-state index contributed by atoms with van der Waals surface area (Å²) < 4.78 is 32.6. The summed E-state index contributed by atoms with van der Waals surface area (Å²) >= 11 is 0. The van der Waals surface area contributed by atoms with E-state index < -0.39 is 51.1 Å². The van der Waals surface area contributed by atoms with Gasteiger partial charge in [-0.25, -0.2) is 4.57 Å². The molecule has 0 heterocycles. The van der Waals surface area contributed by atoms with Crippen molar-refractivity contribution in [1.29, 1.82) is 0 Å². The highest BCUT2D eigenvalue weighted by atomic mass is 31.2. The van der Waals surface area contributed by atoms with Crippen LogP contribution in [0.15, 0.2) is 24.3 Å². The van der Waals surface area contributed by atoms with E-state index in [0.717, 1.165) is 64.2 Å². The highest BCUT2D eigenvalue weighted by Crippen LogP contribution is 2.43. The molecule has 12 heteroatoms. The Morgan fingerprint density at radius 2 is 0.926 bits per heavy atom. The second kappa shape index (κ2) is 37.9. The van der Waals surface area contributed by atoms with Gasteiger partial charge >= 0.3 is 25.7 Å². The number of carbonyl (C=O) groups is 3. The van der Waals surface area contributed by atoms with Gasteiger partial charge in [-0.05, 0) is 64.2 Å². The van der Waals surface area contributed by atoms with Crippen molar-refractivity contribution in [3.8, 4) is 0 Å². The molecule has 4 N–H and O–H groups in total. The van der Waals surface area contributed by atoms with Gasteiger partial charge < -0.3 is 25.2 Å². The van der Waals surface area contributed by atoms with E-state index in [1.165, 1.54) is 89.9 Å². The first kappa shape index (κ1) is 52.0. The number of phosphoric acid groups is 1. The van der Waals surface area contributed by atoms with Gasteiger partial charge in [-0.3, -0.25) is 23.4 Å². The Morgan fingerprint density at radius 1 is 0.556 bits per heavy atom. The minimum absolute atomic E-state index is 0.156. The first-order chi connectivity index (χ1) is 26.1. The summed E-state index contributed by atoms with van der Waals surface area (Å²) in [5.74, 6) is -2.39. The minimum Gasteiger partial charge on any atom is -0.480 e.